The Bertz CT molecular complexity index is 374. The SMILES string of the molecule is O=C(O)CC1CN(C(=O)N2CCCCC2CCO)CCO1. The minimum Gasteiger partial charge on any atom is -0.481 e. The normalized spacial score (nSPS) is 26.7. The van der Waals surface area contributed by atoms with Gasteiger partial charge >= 0.3 is 12.0 Å². The molecule has 2 aliphatic heterocycles. The minimum absolute atomic E-state index is 0.0492. The fourth-order valence-electron chi connectivity index (χ4n) is 3.09. The molecule has 2 atom stereocenters. The highest BCUT2D eigenvalue weighted by Crippen LogP contribution is 2.22. The molecule has 2 heterocycles. The van der Waals surface area contributed by atoms with Crippen LogP contribution in [0.1, 0.15) is 32.1 Å². The van der Waals surface area contributed by atoms with Crippen LogP contribution < -0.4 is 0 Å². The minimum atomic E-state index is -0.912. The lowest BCUT2D eigenvalue weighted by Gasteiger charge is -2.41. The lowest BCUT2D eigenvalue weighted by molar-refractivity contribution is -0.141. The Balaban J connectivity index is 1.95. The zero-order valence-electron chi connectivity index (χ0n) is 12.2. The number of carboxylic acid groups (broad SMARTS) is 1. The summed E-state index contributed by atoms with van der Waals surface area (Å²) >= 11 is 0. The van der Waals surface area contributed by atoms with E-state index in [4.69, 9.17) is 14.9 Å². The number of aliphatic hydroxyl groups is 1. The van der Waals surface area contributed by atoms with Crippen molar-refractivity contribution in [3.05, 3.63) is 0 Å². The van der Waals surface area contributed by atoms with Gasteiger partial charge in [0.1, 0.15) is 0 Å². The van der Waals surface area contributed by atoms with Gasteiger partial charge in [-0.3, -0.25) is 4.79 Å². The molecule has 7 nitrogen and oxygen atoms in total. The van der Waals surface area contributed by atoms with E-state index in [1.54, 1.807) is 4.90 Å². The number of hydrogen-bond donors (Lipinski definition) is 2. The zero-order valence-corrected chi connectivity index (χ0v) is 12.2. The zero-order chi connectivity index (χ0) is 15.2. The number of piperidine rings is 1. The van der Waals surface area contributed by atoms with Crippen LogP contribution in [-0.4, -0.2) is 77.0 Å². The topological polar surface area (TPSA) is 90.3 Å². The van der Waals surface area contributed by atoms with E-state index in [0.29, 0.717) is 32.7 Å². The van der Waals surface area contributed by atoms with Gasteiger partial charge in [-0.05, 0) is 25.7 Å². The van der Waals surface area contributed by atoms with Crippen LogP contribution in [0.2, 0.25) is 0 Å². The average molecular weight is 300 g/mol. The fraction of sp³-hybridized carbons (Fsp3) is 0.857. The molecular weight excluding hydrogens is 276 g/mol. The van der Waals surface area contributed by atoms with Gasteiger partial charge in [0.05, 0.1) is 19.1 Å². The summed E-state index contributed by atoms with van der Waals surface area (Å²) in [5.74, 6) is -0.912. The molecule has 7 heteroatoms. The van der Waals surface area contributed by atoms with E-state index in [1.165, 1.54) is 0 Å². The van der Waals surface area contributed by atoms with Gasteiger partial charge in [-0.25, -0.2) is 4.79 Å². The monoisotopic (exact) mass is 300 g/mol. The summed E-state index contributed by atoms with van der Waals surface area (Å²) < 4.78 is 5.40. The van der Waals surface area contributed by atoms with E-state index < -0.39 is 12.1 Å². The maximum Gasteiger partial charge on any atom is 0.320 e. The summed E-state index contributed by atoms with van der Waals surface area (Å²) in [4.78, 5) is 26.9. The van der Waals surface area contributed by atoms with Gasteiger partial charge in [0.2, 0.25) is 0 Å². The number of nitrogens with zero attached hydrogens (tertiary/aromatic N) is 2. The molecule has 0 saturated carbocycles. The molecule has 0 aromatic heterocycles. The highest BCUT2D eigenvalue weighted by molar-refractivity contribution is 5.75. The molecule has 2 fully saturated rings. The van der Waals surface area contributed by atoms with Crippen molar-refractivity contribution >= 4 is 12.0 Å². The number of aliphatic hydroxyl groups excluding tert-OH is 1. The van der Waals surface area contributed by atoms with E-state index in [1.807, 2.05) is 4.90 Å². The number of rotatable bonds is 4. The number of urea groups is 1. The third-order valence-corrected chi connectivity index (χ3v) is 4.15. The number of morpholine rings is 1. The molecule has 2 unspecified atom stereocenters. The van der Waals surface area contributed by atoms with Crippen LogP contribution in [0.15, 0.2) is 0 Å². The quantitative estimate of drug-likeness (QED) is 0.790. The molecule has 2 aliphatic rings. The molecule has 0 radical (unpaired) electrons. The van der Waals surface area contributed by atoms with Crippen molar-refractivity contribution in [2.75, 3.05) is 32.8 Å². The molecule has 0 aromatic carbocycles. The standard InChI is InChI=1S/C14H24N2O5/c17-7-4-11-3-1-2-5-16(11)14(20)15-6-8-21-12(10-15)9-13(18)19/h11-12,17H,1-10H2,(H,18,19). The van der Waals surface area contributed by atoms with Crippen LogP contribution in [0.25, 0.3) is 0 Å². The van der Waals surface area contributed by atoms with Gasteiger partial charge in [-0.1, -0.05) is 0 Å². The fourth-order valence-corrected chi connectivity index (χ4v) is 3.09. The second-order valence-electron chi connectivity index (χ2n) is 5.67. The largest absolute Gasteiger partial charge is 0.481 e. The third-order valence-electron chi connectivity index (χ3n) is 4.15. The molecule has 0 aromatic rings. The molecule has 0 spiro atoms. The summed E-state index contributed by atoms with van der Waals surface area (Å²) in [5.41, 5.74) is 0. The van der Waals surface area contributed by atoms with E-state index >= 15 is 0 Å². The first-order valence-corrected chi connectivity index (χ1v) is 7.61. The van der Waals surface area contributed by atoms with Gasteiger partial charge < -0.3 is 24.7 Å². The number of carbonyl (C=O) groups is 2. The smallest absolute Gasteiger partial charge is 0.320 e. The molecule has 2 amide bonds. The van der Waals surface area contributed by atoms with E-state index in [0.717, 1.165) is 19.3 Å². The number of hydrogen-bond acceptors (Lipinski definition) is 4. The third kappa shape index (κ3) is 4.31. The van der Waals surface area contributed by atoms with Gasteiger partial charge in [0.25, 0.3) is 0 Å². The Kier molecular flexibility index (Phi) is 5.81. The first kappa shape index (κ1) is 16.0. The van der Waals surface area contributed by atoms with E-state index in [2.05, 4.69) is 0 Å². The van der Waals surface area contributed by atoms with Gasteiger partial charge in [0, 0.05) is 32.3 Å². The highest BCUT2D eigenvalue weighted by Gasteiger charge is 2.33. The van der Waals surface area contributed by atoms with Crippen LogP contribution in [-0.2, 0) is 9.53 Å². The first-order chi connectivity index (χ1) is 10.1. The van der Waals surface area contributed by atoms with Crippen molar-refractivity contribution in [1.29, 1.82) is 0 Å². The summed E-state index contributed by atoms with van der Waals surface area (Å²) in [6.45, 7) is 2.00. The lowest BCUT2D eigenvalue weighted by atomic mass is 10.00. The number of likely N-dealkylation sites (tertiary alicyclic amines) is 1. The predicted molar refractivity (Wildman–Crippen MR) is 75.0 cm³/mol. The van der Waals surface area contributed by atoms with Crippen molar-refractivity contribution in [3.8, 4) is 0 Å². The molecule has 2 rings (SSSR count). The van der Waals surface area contributed by atoms with E-state index in [9.17, 15) is 9.59 Å². The summed E-state index contributed by atoms with van der Waals surface area (Å²) in [5, 5.41) is 18.0. The van der Waals surface area contributed by atoms with Crippen molar-refractivity contribution in [1.82, 2.24) is 9.80 Å². The second kappa shape index (κ2) is 7.61. The number of ether oxygens (including phenoxy) is 1. The summed E-state index contributed by atoms with van der Waals surface area (Å²) in [7, 11) is 0. The number of carbonyl (C=O) groups excluding carboxylic acids is 1. The van der Waals surface area contributed by atoms with Crippen LogP contribution in [0, 0.1) is 0 Å². The Morgan fingerprint density at radius 1 is 1.24 bits per heavy atom. The van der Waals surface area contributed by atoms with Crippen LogP contribution in [0.3, 0.4) is 0 Å². The van der Waals surface area contributed by atoms with Crippen LogP contribution in [0.5, 0.6) is 0 Å². The average Bonchev–Trinajstić information content (AvgIpc) is 2.47. The molecule has 0 aliphatic carbocycles. The highest BCUT2D eigenvalue weighted by atomic mass is 16.5. The lowest BCUT2D eigenvalue weighted by Crippen LogP contribution is -2.55. The Morgan fingerprint density at radius 3 is 2.76 bits per heavy atom. The van der Waals surface area contributed by atoms with Crippen LogP contribution >= 0.6 is 0 Å². The second-order valence-corrected chi connectivity index (χ2v) is 5.67. The molecule has 2 N–H and O–H groups in total. The Labute approximate surface area is 124 Å². The molecule has 120 valence electrons. The summed E-state index contributed by atoms with van der Waals surface area (Å²) in [6.07, 6.45) is 3.09. The van der Waals surface area contributed by atoms with Gasteiger partial charge in [-0.2, -0.15) is 0 Å². The number of amides is 2. The van der Waals surface area contributed by atoms with Crippen LogP contribution in [0.4, 0.5) is 4.79 Å². The van der Waals surface area contributed by atoms with Crippen molar-refractivity contribution in [2.24, 2.45) is 0 Å². The van der Waals surface area contributed by atoms with Gasteiger partial charge in [0.15, 0.2) is 0 Å². The maximum atomic E-state index is 12.6. The first-order valence-electron chi connectivity index (χ1n) is 7.61. The predicted octanol–water partition coefficient (Wildman–Crippen LogP) is 0.519. The number of carboxylic acids is 1. The van der Waals surface area contributed by atoms with Gasteiger partial charge in [-0.15, -0.1) is 0 Å². The molecule has 2 saturated heterocycles. The molecule has 0 bridgehead atoms. The van der Waals surface area contributed by atoms with E-state index in [-0.39, 0.29) is 25.1 Å². The Morgan fingerprint density at radius 2 is 2.05 bits per heavy atom. The Hall–Kier alpha value is -1.34. The number of aliphatic carboxylic acids is 1. The molecule has 21 heavy (non-hydrogen) atoms. The van der Waals surface area contributed by atoms with Crippen molar-refractivity contribution in [2.45, 2.75) is 44.2 Å². The summed E-state index contributed by atoms with van der Waals surface area (Å²) in [6, 6.07) is 0.0452. The molecular formula is C14H24N2O5. The maximum absolute atomic E-state index is 12.6. The van der Waals surface area contributed by atoms with Crippen molar-refractivity contribution < 1.29 is 24.5 Å². The van der Waals surface area contributed by atoms with Crippen molar-refractivity contribution in [3.63, 3.8) is 0 Å².